The van der Waals surface area contributed by atoms with Gasteiger partial charge in [-0.05, 0) is 19.9 Å². The van der Waals surface area contributed by atoms with E-state index >= 15 is 0 Å². The van der Waals surface area contributed by atoms with E-state index in [2.05, 4.69) is 5.32 Å². The number of rotatable bonds is 7. The molecule has 1 aromatic carbocycles. The highest BCUT2D eigenvalue weighted by molar-refractivity contribution is 7.91. The fourth-order valence-corrected chi connectivity index (χ4v) is 2.75. The van der Waals surface area contributed by atoms with Crippen LogP contribution in [0.1, 0.15) is 31.9 Å². The van der Waals surface area contributed by atoms with Gasteiger partial charge in [-0.15, -0.1) is 0 Å². The fourth-order valence-electron chi connectivity index (χ4n) is 2.03. The molecule has 21 heavy (non-hydrogen) atoms. The van der Waals surface area contributed by atoms with Crippen LogP contribution in [0.3, 0.4) is 0 Å². The molecule has 120 valence electrons. The average molecular weight is 321 g/mol. The molecule has 0 heterocycles. The minimum Gasteiger partial charge on any atom is -0.497 e. The zero-order chi connectivity index (χ0) is 16.2. The number of sulfone groups is 1. The number of benzene rings is 1. The van der Waals surface area contributed by atoms with Gasteiger partial charge in [0.05, 0.1) is 18.4 Å². The van der Waals surface area contributed by atoms with Gasteiger partial charge < -0.3 is 10.1 Å². The van der Waals surface area contributed by atoms with Gasteiger partial charge in [0.2, 0.25) is 0 Å². The van der Waals surface area contributed by atoms with Crippen LogP contribution in [-0.4, -0.2) is 33.6 Å². The number of nitrogens with one attached hydrogen (secondary N) is 1. The van der Waals surface area contributed by atoms with Crippen molar-refractivity contribution in [3.63, 3.8) is 0 Å². The van der Waals surface area contributed by atoms with E-state index in [1.807, 2.05) is 6.92 Å². The maximum Gasteiger partial charge on any atom is 0.151 e. The number of hydrogen-bond donors (Lipinski definition) is 1. The minimum atomic E-state index is -3.46. The van der Waals surface area contributed by atoms with Gasteiger partial charge in [0.25, 0.3) is 0 Å². The Morgan fingerprint density at radius 2 is 1.81 bits per heavy atom. The summed E-state index contributed by atoms with van der Waals surface area (Å²) in [6.07, 6.45) is 1.77. The molecule has 0 radical (unpaired) electrons. The van der Waals surface area contributed by atoms with Gasteiger partial charge in [-0.2, -0.15) is 0 Å². The predicted octanol–water partition coefficient (Wildman–Crippen LogP) is 2.45. The highest BCUT2D eigenvalue weighted by atomic mass is 32.2. The summed E-state index contributed by atoms with van der Waals surface area (Å²) in [5.41, 5.74) is -0.276. The zero-order valence-electron chi connectivity index (χ0n) is 12.6. The molecule has 0 aliphatic rings. The van der Waals surface area contributed by atoms with Crippen LogP contribution in [0.5, 0.6) is 5.75 Å². The van der Waals surface area contributed by atoms with E-state index in [-0.39, 0.29) is 11.3 Å². The van der Waals surface area contributed by atoms with Crippen molar-refractivity contribution in [3.05, 3.63) is 29.3 Å². The highest BCUT2D eigenvalue weighted by Gasteiger charge is 2.31. The molecule has 2 atom stereocenters. The number of methoxy groups -OCH3 is 1. The monoisotopic (exact) mass is 321 g/mol. The van der Waals surface area contributed by atoms with Crippen LogP contribution >= 0.6 is 0 Å². The topological polar surface area (TPSA) is 55.4 Å². The molecule has 0 amide bonds. The lowest BCUT2D eigenvalue weighted by atomic mass is 10.0. The Morgan fingerprint density at radius 1 is 1.29 bits per heavy atom. The van der Waals surface area contributed by atoms with Crippen LogP contribution in [-0.2, 0) is 9.84 Å². The second-order valence-electron chi connectivity index (χ2n) is 4.97. The van der Waals surface area contributed by atoms with Crippen LogP contribution in [0, 0.1) is 11.6 Å². The molecule has 0 aromatic heterocycles. The molecule has 1 N–H and O–H groups in total. The lowest BCUT2D eigenvalue weighted by molar-refractivity contribution is 0.399. The van der Waals surface area contributed by atoms with E-state index in [1.165, 1.54) is 14.0 Å². The van der Waals surface area contributed by atoms with E-state index in [0.717, 1.165) is 18.4 Å². The second kappa shape index (κ2) is 7.17. The van der Waals surface area contributed by atoms with Crippen LogP contribution in [0.4, 0.5) is 8.78 Å². The Hall–Kier alpha value is -1.21. The first-order valence-corrected chi connectivity index (χ1v) is 8.63. The Labute approximate surface area is 124 Å². The summed E-state index contributed by atoms with van der Waals surface area (Å²) in [7, 11) is -2.15. The summed E-state index contributed by atoms with van der Waals surface area (Å²) in [5.74, 6) is -1.60. The Balaban J connectivity index is 3.33. The highest BCUT2D eigenvalue weighted by Crippen LogP contribution is 2.29. The molecule has 4 nitrogen and oxygen atoms in total. The molecule has 0 bridgehead atoms. The van der Waals surface area contributed by atoms with Gasteiger partial charge in [0.1, 0.15) is 17.4 Å². The summed E-state index contributed by atoms with van der Waals surface area (Å²) < 4.78 is 56.6. The molecule has 0 saturated heterocycles. The molecule has 0 aliphatic heterocycles. The third-order valence-electron chi connectivity index (χ3n) is 3.36. The smallest absolute Gasteiger partial charge is 0.151 e. The molecule has 0 aliphatic carbocycles. The van der Waals surface area contributed by atoms with Gasteiger partial charge in [-0.1, -0.05) is 6.92 Å². The molecule has 7 heteroatoms. The average Bonchev–Trinajstić information content (AvgIpc) is 2.39. The maximum atomic E-state index is 14.2. The van der Waals surface area contributed by atoms with Gasteiger partial charge in [0, 0.05) is 24.0 Å². The Kier molecular flexibility index (Phi) is 6.10. The zero-order valence-corrected chi connectivity index (χ0v) is 13.4. The summed E-state index contributed by atoms with van der Waals surface area (Å²) in [5, 5.41) is 1.95. The molecule has 1 aromatic rings. The van der Waals surface area contributed by atoms with Crippen LogP contribution in [0.15, 0.2) is 12.1 Å². The van der Waals surface area contributed by atoms with Gasteiger partial charge >= 0.3 is 0 Å². The maximum absolute atomic E-state index is 14.2. The quantitative estimate of drug-likeness (QED) is 0.838. The largest absolute Gasteiger partial charge is 0.497 e. The van der Waals surface area contributed by atoms with Crippen molar-refractivity contribution >= 4 is 9.84 Å². The normalized spacial score (nSPS) is 14.8. The van der Waals surface area contributed by atoms with Crippen molar-refractivity contribution < 1.29 is 21.9 Å². The standard InChI is InChI=1S/C14H21F2NO3S/c1-5-6-17-14(9(2)21(4,18)19)13-11(15)7-10(20-3)8-12(13)16/h7-9,14,17H,5-6H2,1-4H3. The molecule has 1 rings (SSSR count). The first-order valence-electron chi connectivity index (χ1n) is 6.67. The number of hydrogen-bond acceptors (Lipinski definition) is 4. The van der Waals surface area contributed by atoms with E-state index in [4.69, 9.17) is 4.74 Å². The lowest BCUT2D eigenvalue weighted by Gasteiger charge is -2.25. The second-order valence-corrected chi connectivity index (χ2v) is 7.37. The third-order valence-corrected chi connectivity index (χ3v) is 4.98. The molecule has 0 saturated carbocycles. The van der Waals surface area contributed by atoms with Crippen molar-refractivity contribution in [2.45, 2.75) is 31.6 Å². The number of ether oxygens (including phenoxy) is 1. The van der Waals surface area contributed by atoms with Gasteiger partial charge in [-0.25, -0.2) is 17.2 Å². The van der Waals surface area contributed by atoms with Crippen molar-refractivity contribution in [1.29, 1.82) is 0 Å². The van der Waals surface area contributed by atoms with Crippen molar-refractivity contribution in [2.24, 2.45) is 0 Å². The Morgan fingerprint density at radius 3 is 2.19 bits per heavy atom. The lowest BCUT2D eigenvalue weighted by Crippen LogP contribution is -2.36. The van der Waals surface area contributed by atoms with Crippen molar-refractivity contribution in [2.75, 3.05) is 19.9 Å². The van der Waals surface area contributed by atoms with Crippen molar-refractivity contribution in [3.8, 4) is 5.75 Å². The SMILES string of the molecule is CCCNC(c1c(F)cc(OC)cc1F)C(C)S(C)(=O)=O. The molecular weight excluding hydrogens is 300 g/mol. The summed E-state index contributed by atoms with van der Waals surface area (Å²) in [4.78, 5) is 0. The first kappa shape index (κ1) is 17.8. The van der Waals surface area contributed by atoms with Crippen LogP contribution < -0.4 is 10.1 Å². The third kappa shape index (κ3) is 4.38. The minimum absolute atomic E-state index is 0.0509. The molecule has 2 unspecified atom stereocenters. The fraction of sp³-hybridized carbons (Fsp3) is 0.571. The first-order chi connectivity index (χ1) is 9.72. The van der Waals surface area contributed by atoms with Crippen LogP contribution in [0.2, 0.25) is 0 Å². The summed E-state index contributed by atoms with van der Waals surface area (Å²) in [6, 6.07) is 1.15. The summed E-state index contributed by atoms with van der Waals surface area (Å²) in [6.45, 7) is 3.77. The molecular formula is C14H21F2NO3S. The van der Waals surface area contributed by atoms with Gasteiger partial charge in [0.15, 0.2) is 9.84 Å². The van der Waals surface area contributed by atoms with E-state index < -0.39 is 32.8 Å². The predicted molar refractivity (Wildman–Crippen MR) is 78.3 cm³/mol. The van der Waals surface area contributed by atoms with E-state index in [9.17, 15) is 17.2 Å². The Bertz CT molecular complexity index is 567. The van der Waals surface area contributed by atoms with Crippen LogP contribution in [0.25, 0.3) is 0 Å². The van der Waals surface area contributed by atoms with Crippen molar-refractivity contribution in [1.82, 2.24) is 5.32 Å². The number of halogens is 2. The molecule has 0 spiro atoms. The van der Waals surface area contributed by atoms with E-state index in [0.29, 0.717) is 13.0 Å². The van der Waals surface area contributed by atoms with E-state index in [1.54, 1.807) is 0 Å². The molecule has 0 fully saturated rings. The van der Waals surface area contributed by atoms with Gasteiger partial charge in [-0.3, -0.25) is 0 Å². The summed E-state index contributed by atoms with van der Waals surface area (Å²) >= 11 is 0.